The Balaban J connectivity index is 1.36. The first-order valence-corrected chi connectivity index (χ1v) is 9.30. The van der Waals surface area contributed by atoms with Crippen molar-refractivity contribution in [3.63, 3.8) is 0 Å². The molecular weight excluding hydrogens is 360 g/mol. The minimum absolute atomic E-state index is 0.214. The van der Waals surface area contributed by atoms with Gasteiger partial charge in [0.25, 0.3) is 0 Å². The van der Waals surface area contributed by atoms with Crippen molar-refractivity contribution < 1.29 is 28.5 Å². The quantitative estimate of drug-likeness (QED) is 0.758. The van der Waals surface area contributed by atoms with Gasteiger partial charge in [0, 0.05) is 0 Å². The van der Waals surface area contributed by atoms with Crippen LogP contribution in [0, 0.1) is 13.8 Å². The number of rotatable bonds is 4. The van der Waals surface area contributed by atoms with Crippen LogP contribution in [0.2, 0.25) is 0 Å². The molecule has 2 fully saturated rings. The van der Waals surface area contributed by atoms with Gasteiger partial charge in [0.05, 0.1) is 24.3 Å². The van der Waals surface area contributed by atoms with Gasteiger partial charge in [-0.25, -0.2) is 9.59 Å². The maximum absolute atomic E-state index is 12.4. The number of benzene rings is 2. The van der Waals surface area contributed by atoms with Crippen LogP contribution in [0.1, 0.15) is 31.8 Å². The molecule has 6 heteroatoms. The van der Waals surface area contributed by atoms with E-state index < -0.39 is 36.4 Å². The van der Waals surface area contributed by atoms with E-state index >= 15 is 0 Å². The molecule has 0 radical (unpaired) electrons. The molecule has 0 N–H and O–H groups in total. The second-order valence-electron chi connectivity index (χ2n) is 7.22. The molecule has 2 saturated heterocycles. The summed E-state index contributed by atoms with van der Waals surface area (Å²) >= 11 is 0. The van der Waals surface area contributed by atoms with Gasteiger partial charge < -0.3 is 18.9 Å². The first-order chi connectivity index (χ1) is 13.5. The summed E-state index contributed by atoms with van der Waals surface area (Å²) in [4.78, 5) is 24.7. The molecule has 0 spiro atoms. The second kappa shape index (κ2) is 7.73. The van der Waals surface area contributed by atoms with Gasteiger partial charge in [-0.1, -0.05) is 35.4 Å². The molecule has 0 saturated carbocycles. The number of carbonyl (C=O) groups is 2. The molecule has 2 aliphatic rings. The van der Waals surface area contributed by atoms with Gasteiger partial charge in [0.1, 0.15) is 12.2 Å². The van der Waals surface area contributed by atoms with Gasteiger partial charge in [0.15, 0.2) is 12.2 Å². The minimum atomic E-state index is -0.526. The summed E-state index contributed by atoms with van der Waals surface area (Å²) in [6, 6.07) is 14.3. The molecule has 0 amide bonds. The van der Waals surface area contributed by atoms with Crippen LogP contribution < -0.4 is 0 Å². The minimum Gasteiger partial charge on any atom is -0.453 e. The highest BCUT2D eigenvalue weighted by Gasteiger charge is 2.51. The van der Waals surface area contributed by atoms with E-state index in [1.165, 1.54) is 0 Å². The lowest BCUT2D eigenvalue weighted by molar-refractivity contribution is -0.0287. The van der Waals surface area contributed by atoms with Crippen molar-refractivity contribution >= 4 is 11.9 Å². The summed E-state index contributed by atoms with van der Waals surface area (Å²) in [5.41, 5.74) is 3.10. The zero-order valence-electron chi connectivity index (χ0n) is 15.8. The van der Waals surface area contributed by atoms with E-state index in [4.69, 9.17) is 18.9 Å². The van der Waals surface area contributed by atoms with Crippen LogP contribution in [0.15, 0.2) is 48.5 Å². The Morgan fingerprint density at radius 1 is 0.714 bits per heavy atom. The SMILES string of the molecule is Cc1ccc(C(=O)OC2COC3C(OC(=O)c4ccc(C)cc4)COC23)cc1. The number of hydrogen-bond acceptors (Lipinski definition) is 6. The predicted molar refractivity (Wildman–Crippen MR) is 100 cm³/mol. The topological polar surface area (TPSA) is 71.1 Å². The standard InChI is InChI=1S/C22H22O6/c1-13-3-7-15(8-4-13)21(23)27-17-11-25-20-18(12-26-19(17)20)28-22(24)16-9-5-14(2)6-10-16/h3-10,17-20H,11-12H2,1-2H3. The lowest BCUT2D eigenvalue weighted by atomic mass is 10.1. The Morgan fingerprint density at radius 2 is 1.07 bits per heavy atom. The Labute approximate surface area is 163 Å². The third kappa shape index (κ3) is 3.79. The smallest absolute Gasteiger partial charge is 0.338 e. The Kier molecular flexibility index (Phi) is 5.15. The molecular formula is C22H22O6. The van der Waals surface area contributed by atoms with Crippen LogP contribution in [0.25, 0.3) is 0 Å². The zero-order valence-corrected chi connectivity index (χ0v) is 15.8. The number of carbonyl (C=O) groups excluding carboxylic acids is 2. The van der Waals surface area contributed by atoms with Crippen LogP contribution in [-0.2, 0) is 18.9 Å². The van der Waals surface area contributed by atoms with Crippen molar-refractivity contribution in [2.24, 2.45) is 0 Å². The van der Waals surface area contributed by atoms with E-state index in [2.05, 4.69) is 0 Å². The first kappa shape index (κ1) is 18.7. The number of esters is 2. The van der Waals surface area contributed by atoms with Crippen molar-refractivity contribution in [1.29, 1.82) is 0 Å². The number of ether oxygens (including phenoxy) is 4. The zero-order chi connectivity index (χ0) is 19.7. The Bertz CT molecular complexity index is 784. The average Bonchev–Trinajstić information content (AvgIpc) is 3.26. The van der Waals surface area contributed by atoms with E-state index in [0.717, 1.165) is 11.1 Å². The first-order valence-electron chi connectivity index (χ1n) is 9.30. The fraction of sp³-hybridized carbons (Fsp3) is 0.364. The van der Waals surface area contributed by atoms with Crippen LogP contribution in [0.3, 0.4) is 0 Å². The van der Waals surface area contributed by atoms with E-state index in [0.29, 0.717) is 11.1 Å². The van der Waals surface area contributed by atoms with E-state index in [1.807, 2.05) is 38.1 Å². The molecule has 0 aliphatic carbocycles. The maximum atomic E-state index is 12.4. The number of fused-ring (bicyclic) bond motifs is 1. The molecule has 2 aliphatic heterocycles. The maximum Gasteiger partial charge on any atom is 0.338 e. The molecule has 4 atom stereocenters. The molecule has 0 aromatic heterocycles. The van der Waals surface area contributed by atoms with Gasteiger partial charge in [-0.2, -0.15) is 0 Å². The molecule has 2 heterocycles. The van der Waals surface area contributed by atoms with Gasteiger partial charge in [-0.05, 0) is 38.1 Å². The van der Waals surface area contributed by atoms with Crippen LogP contribution >= 0.6 is 0 Å². The van der Waals surface area contributed by atoms with Crippen LogP contribution in [0.4, 0.5) is 0 Å². The number of aryl methyl sites for hydroxylation is 2. The Morgan fingerprint density at radius 3 is 1.43 bits per heavy atom. The Hall–Kier alpha value is -2.70. The summed E-state index contributed by atoms with van der Waals surface area (Å²) in [7, 11) is 0. The van der Waals surface area contributed by atoms with Gasteiger partial charge in [0.2, 0.25) is 0 Å². The molecule has 0 bridgehead atoms. The van der Waals surface area contributed by atoms with E-state index in [-0.39, 0.29) is 13.2 Å². The summed E-state index contributed by atoms with van der Waals surface area (Å²) in [6.07, 6.45) is -1.93. The molecule has 2 aromatic rings. The summed E-state index contributed by atoms with van der Waals surface area (Å²) in [5.74, 6) is -0.837. The monoisotopic (exact) mass is 382 g/mol. The van der Waals surface area contributed by atoms with Gasteiger partial charge in [-0.3, -0.25) is 0 Å². The predicted octanol–water partition coefficient (Wildman–Crippen LogP) is 2.85. The highest BCUT2D eigenvalue weighted by Crippen LogP contribution is 2.31. The lowest BCUT2D eigenvalue weighted by Crippen LogP contribution is -2.36. The van der Waals surface area contributed by atoms with Crippen molar-refractivity contribution in [2.75, 3.05) is 13.2 Å². The summed E-state index contributed by atoms with van der Waals surface area (Å²) in [6.45, 7) is 4.33. The summed E-state index contributed by atoms with van der Waals surface area (Å²) in [5, 5.41) is 0. The molecule has 6 nitrogen and oxygen atoms in total. The third-order valence-corrected chi connectivity index (χ3v) is 5.05. The van der Waals surface area contributed by atoms with Crippen LogP contribution in [0.5, 0.6) is 0 Å². The molecule has 4 rings (SSSR count). The van der Waals surface area contributed by atoms with Gasteiger partial charge in [-0.15, -0.1) is 0 Å². The summed E-state index contributed by atoms with van der Waals surface area (Å²) < 4.78 is 22.6. The average molecular weight is 382 g/mol. The van der Waals surface area contributed by atoms with E-state index in [9.17, 15) is 9.59 Å². The molecule has 28 heavy (non-hydrogen) atoms. The van der Waals surface area contributed by atoms with Crippen molar-refractivity contribution in [2.45, 2.75) is 38.3 Å². The van der Waals surface area contributed by atoms with Crippen molar-refractivity contribution in [3.05, 3.63) is 70.8 Å². The fourth-order valence-electron chi connectivity index (χ4n) is 3.42. The highest BCUT2D eigenvalue weighted by atomic mass is 16.7. The van der Waals surface area contributed by atoms with Gasteiger partial charge >= 0.3 is 11.9 Å². The highest BCUT2D eigenvalue weighted by molar-refractivity contribution is 5.90. The molecule has 4 unspecified atom stereocenters. The molecule has 146 valence electrons. The van der Waals surface area contributed by atoms with Crippen molar-refractivity contribution in [3.8, 4) is 0 Å². The lowest BCUT2D eigenvalue weighted by Gasteiger charge is -2.17. The normalized spacial score (nSPS) is 25.9. The molecule has 2 aromatic carbocycles. The van der Waals surface area contributed by atoms with E-state index in [1.54, 1.807) is 24.3 Å². The fourth-order valence-corrected chi connectivity index (χ4v) is 3.42. The third-order valence-electron chi connectivity index (χ3n) is 5.05. The van der Waals surface area contributed by atoms with Crippen molar-refractivity contribution in [1.82, 2.24) is 0 Å². The second-order valence-corrected chi connectivity index (χ2v) is 7.22. The largest absolute Gasteiger partial charge is 0.453 e. The van der Waals surface area contributed by atoms with Crippen LogP contribution in [-0.4, -0.2) is 49.6 Å². The number of hydrogen-bond donors (Lipinski definition) is 0.